The van der Waals surface area contributed by atoms with Crippen LogP contribution in [0.4, 0.5) is 5.82 Å². The molecule has 2 heterocycles. The average molecular weight is 273 g/mol. The molecule has 4 heteroatoms. The van der Waals surface area contributed by atoms with Gasteiger partial charge in [-0.3, -0.25) is 4.79 Å². The van der Waals surface area contributed by atoms with Crippen LogP contribution in [0.1, 0.15) is 22.3 Å². The van der Waals surface area contributed by atoms with Gasteiger partial charge in [0.25, 0.3) is 0 Å². The van der Waals surface area contributed by atoms with Gasteiger partial charge in [0.2, 0.25) is 0 Å². The predicted molar refractivity (Wildman–Crippen MR) is 75.7 cm³/mol. The zero-order valence-corrected chi connectivity index (χ0v) is 11.1. The van der Waals surface area contributed by atoms with Crippen molar-refractivity contribution in [2.75, 3.05) is 11.4 Å². The Morgan fingerprint density at radius 1 is 1.21 bits per heavy atom. The second kappa shape index (κ2) is 5.02. The summed E-state index contributed by atoms with van der Waals surface area (Å²) in [6.45, 7) is 1.46. The van der Waals surface area contributed by atoms with Crippen molar-refractivity contribution in [3.05, 3.63) is 58.7 Å². The quantitative estimate of drug-likeness (QED) is 0.841. The number of pyridine rings is 1. The lowest BCUT2D eigenvalue weighted by Crippen LogP contribution is -2.32. The van der Waals surface area contributed by atoms with E-state index < -0.39 is 0 Å². The van der Waals surface area contributed by atoms with E-state index in [1.165, 1.54) is 0 Å². The molecule has 0 saturated heterocycles. The number of rotatable bonds is 2. The van der Waals surface area contributed by atoms with Crippen molar-refractivity contribution < 1.29 is 4.79 Å². The van der Waals surface area contributed by atoms with Gasteiger partial charge in [0.1, 0.15) is 5.82 Å². The van der Waals surface area contributed by atoms with Crippen LogP contribution < -0.4 is 4.90 Å². The number of benzene rings is 1. The summed E-state index contributed by atoms with van der Waals surface area (Å²) >= 11 is 5.88. The maximum Gasteiger partial charge on any atom is 0.168 e. The number of fused-ring (bicyclic) bond motifs is 1. The predicted octanol–water partition coefficient (Wildman–Crippen LogP) is 3.33. The Bertz CT molecular complexity index is 610. The Morgan fingerprint density at radius 3 is 2.79 bits per heavy atom. The molecule has 0 unspecified atom stereocenters. The van der Waals surface area contributed by atoms with E-state index in [4.69, 9.17) is 11.6 Å². The molecule has 0 fully saturated rings. The molecule has 0 aliphatic carbocycles. The zero-order chi connectivity index (χ0) is 13.2. The van der Waals surface area contributed by atoms with E-state index in [1.807, 2.05) is 36.4 Å². The first-order valence-corrected chi connectivity index (χ1v) is 6.59. The first-order chi connectivity index (χ1) is 9.24. The van der Waals surface area contributed by atoms with Gasteiger partial charge in [-0.15, -0.1) is 0 Å². The molecular formula is C15H13ClN2O. The lowest BCUT2D eigenvalue weighted by Gasteiger charge is -2.29. The maximum absolute atomic E-state index is 11.8. The van der Waals surface area contributed by atoms with Crippen molar-refractivity contribution in [1.82, 2.24) is 4.98 Å². The SMILES string of the molecule is O=C1CCN(Cc2ccc(Cl)cc2)c2ncccc21. The van der Waals surface area contributed by atoms with Crippen LogP contribution in [-0.4, -0.2) is 17.3 Å². The molecule has 0 amide bonds. The number of aromatic nitrogens is 1. The zero-order valence-electron chi connectivity index (χ0n) is 10.3. The molecule has 0 N–H and O–H groups in total. The Balaban J connectivity index is 1.88. The molecule has 1 aromatic heterocycles. The smallest absolute Gasteiger partial charge is 0.168 e. The van der Waals surface area contributed by atoms with Crippen LogP contribution in [0.15, 0.2) is 42.6 Å². The van der Waals surface area contributed by atoms with Gasteiger partial charge < -0.3 is 4.90 Å². The normalized spacial score (nSPS) is 14.4. The topological polar surface area (TPSA) is 33.2 Å². The van der Waals surface area contributed by atoms with E-state index >= 15 is 0 Å². The number of hydrogen-bond donors (Lipinski definition) is 0. The van der Waals surface area contributed by atoms with Gasteiger partial charge in [-0.2, -0.15) is 0 Å². The van der Waals surface area contributed by atoms with Crippen LogP contribution in [0.25, 0.3) is 0 Å². The second-order valence-electron chi connectivity index (χ2n) is 4.60. The molecule has 0 bridgehead atoms. The van der Waals surface area contributed by atoms with Crippen LogP contribution in [0.2, 0.25) is 5.02 Å². The molecule has 3 nitrogen and oxygen atoms in total. The molecule has 1 aliphatic heterocycles. The molecule has 0 spiro atoms. The van der Waals surface area contributed by atoms with Crippen molar-refractivity contribution in [1.29, 1.82) is 0 Å². The number of nitrogens with zero attached hydrogens (tertiary/aromatic N) is 2. The standard InChI is InChI=1S/C15H13ClN2O/c16-12-5-3-11(4-6-12)10-18-9-7-14(19)13-2-1-8-17-15(13)18/h1-6,8H,7,9-10H2. The van der Waals surface area contributed by atoms with Crippen LogP contribution in [0, 0.1) is 0 Å². The van der Waals surface area contributed by atoms with Gasteiger partial charge in [0.15, 0.2) is 5.78 Å². The number of carbonyl (C=O) groups excluding carboxylic acids is 1. The van der Waals surface area contributed by atoms with Crippen LogP contribution in [0.5, 0.6) is 0 Å². The molecule has 96 valence electrons. The maximum atomic E-state index is 11.8. The van der Waals surface area contributed by atoms with Gasteiger partial charge >= 0.3 is 0 Å². The molecule has 2 aromatic rings. The summed E-state index contributed by atoms with van der Waals surface area (Å²) in [7, 11) is 0. The van der Waals surface area contributed by atoms with E-state index in [1.54, 1.807) is 6.20 Å². The summed E-state index contributed by atoms with van der Waals surface area (Å²) in [5, 5.41) is 0.732. The lowest BCUT2D eigenvalue weighted by molar-refractivity contribution is 0.0979. The largest absolute Gasteiger partial charge is 0.351 e. The third-order valence-corrected chi connectivity index (χ3v) is 3.53. The highest BCUT2D eigenvalue weighted by Crippen LogP contribution is 2.26. The van der Waals surface area contributed by atoms with Gasteiger partial charge in [-0.25, -0.2) is 4.98 Å². The Labute approximate surface area is 116 Å². The summed E-state index contributed by atoms with van der Waals surface area (Å²) in [4.78, 5) is 18.3. The number of carbonyl (C=O) groups is 1. The first kappa shape index (κ1) is 12.2. The monoisotopic (exact) mass is 272 g/mol. The molecule has 0 saturated carbocycles. The highest BCUT2D eigenvalue weighted by molar-refractivity contribution is 6.30. The van der Waals surface area contributed by atoms with E-state index in [9.17, 15) is 4.79 Å². The minimum Gasteiger partial charge on any atom is -0.351 e. The minimum atomic E-state index is 0.176. The van der Waals surface area contributed by atoms with E-state index in [2.05, 4.69) is 9.88 Å². The summed E-state index contributed by atoms with van der Waals surface area (Å²) in [5.74, 6) is 0.962. The van der Waals surface area contributed by atoms with Gasteiger partial charge in [0.05, 0.1) is 5.56 Å². The Hall–Kier alpha value is -1.87. The van der Waals surface area contributed by atoms with Gasteiger partial charge in [-0.1, -0.05) is 23.7 Å². The molecule has 1 aliphatic rings. The molecule has 0 radical (unpaired) electrons. The fourth-order valence-electron chi connectivity index (χ4n) is 2.31. The molecule has 3 rings (SSSR count). The van der Waals surface area contributed by atoms with Crippen molar-refractivity contribution in [3.8, 4) is 0 Å². The fraction of sp³-hybridized carbons (Fsp3) is 0.200. The average Bonchev–Trinajstić information content (AvgIpc) is 2.45. The van der Waals surface area contributed by atoms with Crippen molar-refractivity contribution in [2.45, 2.75) is 13.0 Å². The Kier molecular flexibility index (Phi) is 3.22. The fourth-order valence-corrected chi connectivity index (χ4v) is 2.43. The lowest BCUT2D eigenvalue weighted by atomic mass is 10.0. The second-order valence-corrected chi connectivity index (χ2v) is 5.03. The van der Waals surface area contributed by atoms with Crippen LogP contribution in [-0.2, 0) is 6.54 Å². The van der Waals surface area contributed by atoms with Gasteiger partial charge in [0, 0.05) is 30.7 Å². The third kappa shape index (κ3) is 2.47. The Morgan fingerprint density at radius 2 is 2.00 bits per heavy atom. The summed E-state index contributed by atoms with van der Waals surface area (Å²) in [6.07, 6.45) is 2.28. The highest BCUT2D eigenvalue weighted by Gasteiger charge is 2.23. The van der Waals surface area contributed by atoms with E-state index in [-0.39, 0.29) is 5.78 Å². The molecule has 0 atom stereocenters. The number of hydrogen-bond acceptors (Lipinski definition) is 3. The number of Topliss-reactive ketones (excluding diaryl/α,β-unsaturated/α-hetero) is 1. The third-order valence-electron chi connectivity index (χ3n) is 3.28. The van der Waals surface area contributed by atoms with Crippen molar-refractivity contribution >= 4 is 23.2 Å². The first-order valence-electron chi connectivity index (χ1n) is 6.21. The van der Waals surface area contributed by atoms with Crippen LogP contribution >= 0.6 is 11.6 Å². The number of ketones is 1. The summed E-state index contributed by atoms with van der Waals surface area (Å²) in [5.41, 5.74) is 1.89. The highest BCUT2D eigenvalue weighted by atomic mass is 35.5. The number of halogens is 1. The van der Waals surface area contributed by atoms with Crippen LogP contribution in [0.3, 0.4) is 0 Å². The summed E-state index contributed by atoms with van der Waals surface area (Å²) in [6, 6.07) is 11.4. The summed E-state index contributed by atoms with van der Waals surface area (Å²) < 4.78 is 0. The van der Waals surface area contributed by atoms with Gasteiger partial charge in [-0.05, 0) is 29.8 Å². The van der Waals surface area contributed by atoms with E-state index in [0.717, 1.165) is 28.5 Å². The molecular weight excluding hydrogens is 260 g/mol. The minimum absolute atomic E-state index is 0.176. The molecule has 1 aromatic carbocycles. The molecule has 19 heavy (non-hydrogen) atoms. The van der Waals surface area contributed by atoms with Crippen molar-refractivity contribution in [3.63, 3.8) is 0 Å². The van der Waals surface area contributed by atoms with E-state index in [0.29, 0.717) is 13.0 Å². The number of anilines is 1. The van der Waals surface area contributed by atoms with Crippen molar-refractivity contribution in [2.24, 2.45) is 0 Å².